The van der Waals surface area contributed by atoms with Gasteiger partial charge in [-0.2, -0.15) is 0 Å². The maximum atomic E-state index is 5.95. The van der Waals surface area contributed by atoms with Crippen LogP contribution in [0, 0.1) is 3.57 Å². The van der Waals surface area contributed by atoms with Gasteiger partial charge in [-0.25, -0.2) is 0 Å². The molecule has 0 saturated heterocycles. The average molecular weight is 371 g/mol. The zero-order chi connectivity index (χ0) is 13.0. The Labute approximate surface area is 125 Å². The first-order valence-corrected chi connectivity index (χ1v) is 7.56. The molecule has 0 bridgehead atoms. The van der Waals surface area contributed by atoms with E-state index in [1.807, 2.05) is 18.2 Å². The summed E-state index contributed by atoms with van der Waals surface area (Å²) in [4.78, 5) is 1.06. The van der Waals surface area contributed by atoms with Crippen LogP contribution < -0.4 is 10.5 Å². The predicted octanol–water partition coefficient (Wildman–Crippen LogP) is 4.17. The van der Waals surface area contributed by atoms with Crippen molar-refractivity contribution < 1.29 is 4.74 Å². The van der Waals surface area contributed by atoms with Gasteiger partial charge >= 0.3 is 0 Å². The Kier molecular flexibility index (Phi) is 4.77. The molecule has 2 aromatic rings. The van der Waals surface area contributed by atoms with Crippen LogP contribution in [0.25, 0.3) is 0 Å². The molecular weight excluding hydrogens is 357 g/mol. The van der Waals surface area contributed by atoms with Crippen molar-refractivity contribution in [3.05, 3.63) is 51.6 Å². The van der Waals surface area contributed by atoms with E-state index in [1.165, 1.54) is 9.13 Å². The van der Waals surface area contributed by atoms with Crippen molar-refractivity contribution >= 4 is 40.0 Å². The monoisotopic (exact) mass is 371 g/mol. The number of hydrogen-bond donors (Lipinski definition) is 1. The van der Waals surface area contributed by atoms with Crippen molar-refractivity contribution in [2.24, 2.45) is 0 Å². The van der Waals surface area contributed by atoms with Crippen LogP contribution in [0.3, 0.4) is 0 Å². The first-order chi connectivity index (χ1) is 8.69. The lowest BCUT2D eigenvalue weighted by Crippen LogP contribution is -1.91. The standard InChI is InChI=1S/C14H14INOS/c1-17-12-6-7-13(16)14(8-12)18-9-10-2-4-11(15)5-3-10/h2-8H,9,16H2,1H3. The number of thioether (sulfide) groups is 1. The topological polar surface area (TPSA) is 35.2 Å². The molecule has 2 aromatic carbocycles. The Bertz CT molecular complexity index is 528. The van der Waals surface area contributed by atoms with Crippen LogP contribution in [-0.2, 0) is 5.75 Å². The molecule has 0 atom stereocenters. The lowest BCUT2D eigenvalue weighted by Gasteiger charge is -2.08. The Morgan fingerprint density at radius 2 is 1.89 bits per heavy atom. The number of ether oxygens (including phenoxy) is 1. The molecule has 0 fully saturated rings. The Balaban J connectivity index is 2.07. The zero-order valence-electron chi connectivity index (χ0n) is 10.0. The van der Waals surface area contributed by atoms with E-state index in [0.29, 0.717) is 0 Å². The van der Waals surface area contributed by atoms with E-state index < -0.39 is 0 Å². The highest BCUT2D eigenvalue weighted by Gasteiger charge is 2.03. The predicted molar refractivity (Wildman–Crippen MR) is 86.1 cm³/mol. The van der Waals surface area contributed by atoms with Gasteiger partial charge in [0.15, 0.2) is 0 Å². The van der Waals surface area contributed by atoms with Crippen LogP contribution in [0.15, 0.2) is 47.4 Å². The molecule has 0 unspecified atom stereocenters. The summed E-state index contributed by atoms with van der Waals surface area (Å²) >= 11 is 4.04. The van der Waals surface area contributed by atoms with Crippen LogP contribution in [0.5, 0.6) is 5.75 Å². The zero-order valence-corrected chi connectivity index (χ0v) is 13.0. The molecule has 0 radical (unpaired) electrons. The maximum absolute atomic E-state index is 5.95. The lowest BCUT2D eigenvalue weighted by atomic mass is 10.2. The molecule has 0 saturated carbocycles. The van der Waals surface area contributed by atoms with Crippen LogP contribution in [0.4, 0.5) is 5.69 Å². The average Bonchev–Trinajstić information content (AvgIpc) is 2.40. The quantitative estimate of drug-likeness (QED) is 0.498. The summed E-state index contributed by atoms with van der Waals surface area (Å²) in [6.07, 6.45) is 0. The van der Waals surface area contributed by atoms with E-state index in [-0.39, 0.29) is 0 Å². The summed E-state index contributed by atoms with van der Waals surface area (Å²) < 4.78 is 6.46. The van der Waals surface area contributed by atoms with Gasteiger partial charge in [0, 0.05) is 19.9 Å². The van der Waals surface area contributed by atoms with Gasteiger partial charge in [0.05, 0.1) is 7.11 Å². The second kappa shape index (κ2) is 6.33. The number of rotatable bonds is 4. The van der Waals surface area contributed by atoms with Gasteiger partial charge in [0.1, 0.15) is 5.75 Å². The fourth-order valence-electron chi connectivity index (χ4n) is 1.51. The molecule has 0 aliphatic rings. The third-order valence-corrected chi connectivity index (χ3v) is 4.39. The molecule has 0 aliphatic heterocycles. The molecular formula is C14H14INOS. The smallest absolute Gasteiger partial charge is 0.120 e. The largest absolute Gasteiger partial charge is 0.497 e. The van der Waals surface area contributed by atoms with Gasteiger partial charge in [-0.1, -0.05) is 12.1 Å². The minimum Gasteiger partial charge on any atom is -0.497 e. The molecule has 0 aliphatic carbocycles. The van der Waals surface area contributed by atoms with E-state index in [0.717, 1.165) is 22.1 Å². The Hall–Kier alpha value is -0.880. The first kappa shape index (κ1) is 13.5. The third kappa shape index (κ3) is 3.55. The molecule has 0 amide bonds. The number of nitrogen functional groups attached to an aromatic ring is 1. The highest BCUT2D eigenvalue weighted by molar-refractivity contribution is 14.1. The molecule has 4 heteroatoms. The summed E-state index contributed by atoms with van der Waals surface area (Å²) in [5.74, 6) is 1.75. The Morgan fingerprint density at radius 3 is 2.56 bits per heavy atom. The summed E-state index contributed by atoms with van der Waals surface area (Å²) in [5, 5.41) is 0. The van der Waals surface area contributed by atoms with Crippen molar-refractivity contribution in [3.63, 3.8) is 0 Å². The van der Waals surface area contributed by atoms with E-state index in [4.69, 9.17) is 10.5 Å². The van der Waals surface area contributed by atoms with Crippen LogP contribution >= 0.6 is 34.4 Å². The highest BCUT2D eigenvalue weighted by atomic mass is 127. The normalized spacial score (nSPS) is 10.3. The van der Waals surface area contributed by atoms with Gasteiger partial charge < -0.3 is 10.5 Å². The van der Waals surface area contributed by atoms with Gasteiger partial charge in [-0.05, 0) is 58.5 Å². The van der Waals surface area contributed by atoms with Crippen molar-refractivity contribution in [1.29, 1.82) is 0 Å². The molecule has 18 heavy (non-hydrogen) atoms. The van der Waals surface area contributed by atoms with Crippen LogP contribution in [-0.4, -0.2) is 7.11 Å². The van der Waals surface area contributed by atoms with Gasteiger partial charge in [-0.3, -0.25) is 0 Å². The van der Waals surface area contributed by atoms with Crippen LogP contribution in [0.2, 0.25) is 0 Å². The third-order valence-electron chi connectivity index (χ3n) is 2.53. The minimum atomic E-state index is 0.798. The summed E-state index contributed by atoms with van der Waals surface area (Å²) in [7, 11) is 1.67. The second-order valence-corrected chi connectivity index (χ2v) is 6.08. The summed E-state index contributed by atoms with van der Waals surface area (Å²) in [6, 6.07) is 14.3. The fraction of sp³-hybridized carbons (Fsp3) is 0.143. The second-order valence-electron chi connectivity index (χ2n) is 3.82. The van der Waals surface area contributed by atoms with E-state index in [9.17, 15) is 0 Å². The van der Waals surface area contributed by atoms with Gasteiger partial charge in [0.2, 0.25) is 0 Å². The summed E-state index contributed by atoms with van der Waals surface area (Å²) in [6.45, 7) is 0. The number of anilines is 1. The lowest BCUT2D eigenvalue weighted by molar-refractivity contribution is 0.414. The molecule has 2 nitrogen and oxygen atoms in total. The Morgan fingerprint density at radius 1 is 1.17 bits per heavy atom. The van der Waals surface area contributed by atoms with Crippen molar-refractivity contribution in [1.82, 2.24) is 0 Å². The number of hydrogen-bond acceptors (Lipinski definition) is 3. The van der Waals surface area contributed by atoms with Crippen molar-refractivity contribution in [2.45, 2.75) is 10.6 Å². The molecule has 0 heterocycles. The molecule has 0 aromatic heterocycles. The highest BCUT2D eigenvalue weighted by Crippen LogP contribution is 2.31. The van der Waals surface area contributed by atoms with Gasteiger partial charge in [-0.15, -0.1) is 11.8 Å². The number of methoxy groups -OCH3 is 1. The number of benzene rings is 2. The first-order valence-electron chi connectivity index (χ1n) is 5.50. The molecule has 0 spiro atoms. The van der Waals surface area contributed by atoms with E-state index >= 15 is 0 Å². The van der Waals surface area contributed by atoms with Crippen molar-refractivity contribution in [2.75, 3.05) is 12.8 Å². The van der Waals surface area contributed by atoms with Gasteiger partial charge in [0.25, 0.3) is 0 Å². The molecule has 94 valence electrons. The maximum Gasteiger partial charge on any atom is 0.120 e. The minimum absolute atomic E-state index is 0.798. The molecule has 2 rings (SSSR count). The number of halogens is 1. The van der Waals surface area contributed by atoms with Crippen molar-refractivity contribution in [3.8, 4) is 5.75 Å². The van der Waals surface area contributed by atoms with Crippen LogP contribution in [0.1, 0.15) is 5.56 Å². The SMILES string of the molecule is COc1ccc(N)c(SCc2ccc(I)cc2)c1. The van der Waals surface area contributed by atoms with E-state index in [2.05, 4.69) is 46.9 Å². The molecule has 2 N–H and O–H groups in total. The fourth-order valence-corrected chi connectivity index (χ4v) is 2.82. The summed E-state index contributed by atoms with van der Waals surface area (Å²) in [5.41, 5.74) is 8.05. The number of nitrogens with two attached hydrogens (primary N) is 1. The van der Waals surface area contributed by atoms with E-state index in [1.54, 1.807) is 18.9 Å².